The number of benzene rings is 1. The quantitative estimate of drug-likeness (QED) is 0.482. The first kappa shape index (κ1) is 16.6. The van der Waals surface area contributed by atoms with Gasteiger partial charge in [-0.05, 0) is 24.3 Å². The smallest absolute Gasteiger partial charge is 0.283 e. The average molecular weight is 336 g/mol. The van der Waals surface area contributed by atoms with E-state index in [1.54, 1.807) is 12.1 Å². The van der Waals surface area contributed by atoms with E-state index in [1.807, 2.05) is 0 Å². The van der Waals surface area contributed by atoms with Crippen molar-refractivity contribution < 1.29 is 17.6 Å². The first-order valence-corrected chi connectivity index (χ1v) is 8.18. The Morgan fingerprint density at radius 2 is 1.96 bits per heavy atom. The van der Waals surface area contributed by atoms with Gasteiger partial charge in [-0.2, -0.15) is 4.99 Å². The number of halogens is 1. The molecule has 2 aromatic rings. The van der Waals surface area contributed by atoms with Gasteiger partial charge in [0, 0.05) is 18.0 Å². The van der Waals surface area contributed by atoms with Crippen LogP contribution in [0.5, 0.6) is 0 Å². The minimum atomic E-state index is -3.75. The minimum Gasteiger partial charge on any atom is -0.370 e. The zero-order chi connectivity index (χ0) is 17.2. The molecule has 0 saturated carbocycles. The number of aromatic nitrogens is 1. The van der Waals surface area contributed by atoms with E-state index in [0.29, 0.717) is 0 Å². The number of carbonyl (C=O) groups is 1. The fourth-order valence-electron chi connectivity index (χ4n) is 1.92. The van der Waals surface area contributed by atoms with Crippen LogP contribution in [0.4, 0.5) is 4.39 Å². The Morgan fingerprint density at radius 1 is 1.26 bits per heavy atom. The number of sulfone groups is 1. The van der Waals surface area contributed by atoms with Gasteiger partial charge < -0.3 is 11.5 Å². The van der Waals surface area contributed by atoms with Crippen LogP contribution in [0.3, 0.4) is 0 Å². The second-order valence-electron chi connectivity index (χ2n) is 4.66. The maximum absolute atomic E-state index is 14.2. The maximum atomic E-state index is 14.2. The highest BCUT2D eigenvalue weighted by Gasteiger charge is 2.22. The Labute approximate surface area is 131 Å². The summed E-state index contributed by atoms with van der Waals surface area (Å²) in [5.74, 6) is -2.57. The molecule has 1 aromatic carbocycles. The van der Waals surface area contributed by atoms with Gasteiger partial charge in [0.2, 0.25) is 0 Å². The number of aliphatic imine (C=N–C) groups is 1. The van der Waals surface area contributed by atoms with E-state index in [-0.39, 0.29) is 16.2 Å². The van der Waals surface area contributed by atoms with Crippen molar-refractivity contribution in [3.8, 4) is 11.3 Å². The molecule has 4 N–H and O–H groups in total. The van der Waals surface area contributed by atoms with Crippen LogP contribution in [0.25, 0.3) is 11.3 Å². The van der Waals surface area contributed by atoms with E-state index in [0.717, 1.165) is 18.4 Å². The molecule has 7 nitrogen and oxygen atoms in total. The molecule has 0 atom stereocenters. The molecule has 0 unspecified atom stereocenters. The molecule has 0 spiro atoms. The van der Waals surface area contributed by atoms with Gasteiger partial charge in [-0.1, -0.05) is 6.07 Å². The SMILES string of the molecule is CS(=O)(=O)c1cc(C(=O)N=C(N)N)c(F)cc1-c1ccccn1. The molecular weight excluding hydrogens is 323 g/mol. The summed E-state index contributed by atoms with van der Waals surface area (Å²) in [6.45, 7) is 0. The summed E-state index contributed by atoms with van der Waals surface area (Å²) in [6.07, 6.45) is 2.39. The van der Waals surface area contributed by atoms with Crippen molar-refractivity contribution in [2.24, 2.45) is 16.5 Å². The molecule has 0 saturated heterocycles. The van der Waals surface area contributed by atoms with Crippen molar-refractivity contribution in [2.45, 2.75) is 4.90 Å². The Bertz CT molecular complexity index is 892. The Balaban J connectivity index is 2.74. The lowest BCUT2D eigenvalue weighted by Crippen LogP contribution is -2.24. The van der Waals surface area contributed by atoms with Gasteiger partial charge in [-0.25, -0.2) is 12.8 Å². The van der Waals surface area contributed by atoms with Crippen molar-refractivity contribution in [1.82, 2.24) is 4.98 Å². The monoisotopic (exact) mass is 336 g/mol. The predicted octanol–water partition coefficient (Wildman–Crippen LogP) is 0.705. The average Bonchev–Trinajstić information content (AvgIpc) is 2.45. The van der Waals surface area contributed by atoms with E-state index in [2.05, 4.69) is 9.98 Å². The van der Waals surface area contributed by atoms with Crippen molar-refractivity contribution >= 4 is 21.7 Å². The summed E-state index contributed by atoms with van der Waals surface area (Å²) in [5.41, 5.74) is 9.93. The molecule has 9 heteroatoms. The summed E-state index contributed by atoms with van der Waals surface area (Å²) >= 11 is 0. The second-order valence-corrected chi connectivity index (χ2v) is 6.64. The van der Waals surface area contributed by atoms with Gasteiger partial charge in [-0.3, -0.25) is 9.78 Å². The lowest BCUT2D eigenvalue weighted by atomic mass is 10.1. The normalized spacial score (nSPS) is 11.0. The largest absolute Gasteiger partial charge is 0.370 e. The number of nitrogens with two attached hydrogens (primary N) is 2. The summed E-state index contributed by atoms with van der Waals surface area (Å²) in [6, 6.07) is 6.62. The number of hydrogen-bond donors (Lipinski definition) is 2. The maximum Gasteiger partial charge on any atom is 0.283 e. The highest BCUT2D eigenvalue weighted by molar-refractivity contribution is 7.90. The molecule has 23 heavy (non-hydrogen) atoms. The Kier molecular flexibility index (Phi) is 4.41. The molecular formula is C14H13FN4O3S. The number of pyridine rings is 1. The third kappa shape index (κ3) is 3.69. The van der Waals surface area contributed by atoms with Crippen LogP contribution in [0.15, 0.2) is 46.4 Å². The highest BCUT2D eigenvalue weighted by atomic mass is 32.2. The molecule has 0 radical (unpaired) electrons. The Morgan fingerprint density at radius 3 is 2.48 bits per heavy atom. The number of guanidine groups is 1. The molecule has 1 heterocycles. The van der Waals surface area contributed by atoms with Crippen LogP contribution in [0, 0.1) is 5.82 Å². The number of carbonyl (C=O) groups excluding carboxylic acids is 1. The number of rotatable bonds is 3. The third-order valence-electron chi connectivity index (χ3n) is 2.87. The first-order valence-electron chi connectivity index (χ1n) is 6.29. The fraction of sp³-hybridized carbons (Fsp3) is 0.0714. The predicted molar refractivity (Wildman–Crippen MR) is 82.9 cm³/mol. The summed E-state index contributed by atoms with van der Waals surface area (Å²) in [5, 5.41) is 0. The van der Waals surface area contributed by atoms with Gasteiger partial charge in [0.25, 0.3) is 5.91 Å². The minimum absolute atomic E-state index is 0.0480. The fourth-order valence-corrected chi connectivity index (χ4v) is 2.82. The summed E-state index contributed by atoms with van der Waals surface area (Å²) in [7, 11) is -3.75. The van der Waals surface area contributed by atoms with Gasteiger partial charge in [0.05, 0.1) is 16.2 Å². The van der Waals surface area contributed by atoms with Gasteiger partial charge >= 0.3 is 0 Å². The van der Waals surface area contributed by atoms with Gasteiger partial charge in [-0.15, -0.1) is 0 Å². The number of nitrogens with zero attached hydrogens (tertiary/aromatic N) is 2. The van der Waals surface area contributed by atoms with Gasteiger partial charge in [0.15, 0.2) is 15.8 Å². The van der Waals surface area contributed by atoms with Crippen LogP contribution in [-0.2, 0) is 9.84 Å². The standard InChI is InChI=1S/C14H13FN4O3S/c1-23(21,22)12-7-8(13(20)19-14(16)17)10(15)6-9(12)11-4-2-3-5-18-11/h2-7H,1H3,(H4,16,17,19,20). The van der Waals surface area contributed by atoms with Crippen molar-refractivity contribution in [3.63, 3.8) is 0 Å². The van der Waals surface area contributed by atoms with E-state index in [1.165, 1.54) is 12.3 Å². The highest BCUT2D eigenvalue weighted by Crippen LogP contribution is 2.29. The third-order valence-corrected chi connectivity index (χ3v) is 4.01. The molecule has 0 fully saturated rings. The van der Waals surface area contributed by atoms with Crippen LogP contribution in [0.1, 0.15) is 10.4 Å². The van der Waals surface area contributed by atoms with Crippen molar-refractivity contribution in [1.29, 1.82) is 0 Å². The zero-order valence-corrected chi connectivity index (χ0v) is 12.8. The zero-order valence-electron chi connectivity index (χ0n) is 12.0. The molecule has 120 valence electrons. The Hall–Kier alpha value is -2.81. The lowest BCUT2D eigenvalue weighted by Gasteiger charge is -2.10. The molecule has 1 aromatic heterocycles. The van der Waals surface area contributed by atoms with Crippen LogP contribution >= 0.6 is 0 Å². The van der Waals surface area contributed by atoms with E-state index in [4.69, 9.17) is 11.5 Å². The lowest BCUT2D eigenvalue weighted by molar-refractivity contribution is 0.0998. The van der Waals surface area contributed by atoms with E-state index >= 15 is 0 Å². The molecule has 0 aliphatic carbocycles. The summed E-state index contributed by atoms with van der Waals surface area (Å²) in [4.78, 5) is 18.8. The van der Waals surface area contributed by atoms with Crippen molar-refractivity contribution in [2.75, 3.05) is 6.26 Å². The van der Waals surface area contributed by atoms with Gasteiger partial charge in [0.1, 0.15) is 5.82 Å². The number of amides is 1. The topological polar surface area (TPSA) is 128 Å². The van der Waals surface area contributed by atoms with E-state index in [9.17, 15) is 17.6 Å². The first-order chi connectivity index (χ1) is 10.7. The number of hydrogen-bond acceptors (Lipinski definition) is 4. The summed E-state index contributed by atoms with van der Waals surface area (Å²) < 4.78 is 38.2. The molecule has 1 amide bonds. The van der Waals surface area contributed by atoms with Crippen LogP contribution in [-0.4, -0.2) is 31.5 Å². The van der Waals surface area contributed by atoms with E-state index < -0.39 is 33.1 Å². The molecule has 0 aliphatic heterocycles. The molecule has 0 aliphatic rings. The molecule has 2 rings (SSSR count). The van der Waals surface area contributed by atoms with Crippen LogP contribution in [0.2, 0.25) is 0 Å². The second kappa shape index (κ2) is 6.13. The molecule has 0 bridgehead atoms. The van der Waals surface area contributed by atoms with Crippen LogP contribution < -0.4 is 11.5 Å². The van der Waals surface area contributed by atoms with Crippen molar-refractivity contribution in [3.05, 3.63) is 47.9 Å².